The lowest BCUT2D eigenvalue weighted by Crippen LogP contribution is -2.30. The minimum absolute atomic E-state index is 0.00950. The van der Waals surface area contributed by atoms with Crippen LogP contribution < -0.4 is 5.32 Å². The molecule has 2 aromatic rings. The zero-order valence-corrected chi connectivity index (χ0v) is 15.7. The highest BCUT2D eigenvalue weighted by atomic mass is 35.5. The van der Waals surface area contributed by atoms with E-state index in [-0.39, 0.29) is 11.6 Å². The minimum atomic E-state index is -0.432. The molecule has 0 aliphatic carbocycles. The summed E-state index contributed by atoms with van der Waals surface area (Å²) in [6, 6.07) is 9.23. The number of nitrogens with one attached hydrogen (secondary N) is 1. The van der Waals surface area contributed by atoms with Crippen molar-refractivity contribution in [3.05, 3.63) is 56.8 Å². The van der Waals surface area contributed by atoms with E-state index < -0.39 is 5.91 Å². The molecule has 0 aliphatic heterocycles. The fourth-order valence-electron chi connectivity index (χ4n) is 2.23. The van der Waals surface area contributed by atoms with Gasteiger partial charge in [-0.05, 0) is 44.5 Å². The van der Waals surface area contributed by atoms with E-state index in [1.807, 2.05) is 32.0 Å². The Morgan fingerprint density at radius 3 is 2.56 bits per heavy atom. The number of rotatable bonds is 5. The van der Waals surface area contributed by atoms with Crippen molar-refractivity contribution in [1.82, 2.24) is 15.1 Å². The molecular weight excluding hydrogens is 359 g/mol. The lowest BCUT2D eigenvalue weighted by atomic mass is 10.1. The van der Waals surface area contributed by atoms with Crippen molar-refractivity contribution in [3.63, 3.8) is 0 Å². The maximum atomic E-state index is 12.1. The van der Waals surface area contributed by atoms with Gasteiger partial charge in [-0.3, -0.25) is 4.79 Å². The third-order valence-electron chi connectivity index (χ3n) is 3.43. The van der Waals surface area contributed by atoms with Gasteiger partial charge in [0.15, 0.2) is 0 Å². The van der Waals surface area contributed by atoms with E-state index >= 15 is 0 Å². The fraction of sp³-hybridized carbons (Fsp3) is 0.278. The van der Waals surface area contributed by atoms with Crippen LogP contribution in [0.4, 0.5) is 0 Å². The number of hydrogen-bond acceptors (Lipinski definition) is 3. The molecule has 25 heavy (non-hydrogen) atoms. The topological polar surface area (TPSA) is 70.7 Å². The first-order valence-electron chi connectivity index (χ1n) is 7.71. The summed E-state index contributed by atoms with van der Waals surface area (Å²) in [5.74, 6) is -0.432. The first kappa shape index (κ1) is 19.0. The van der Waals surface area contributed by atoms with Crippen molar-refractivity contribution < 1.29 is 4.79 Å². The van der Waals surface area contributed by atoms with Crippen molar-refractivity contribution in [2.75, 3.05) is 0 Å². The molecule has 1 aromatic heterocycles. The molecule has 0 fully saturated rings. The Hall–Kier alpha value is -2.29. The van der Waals surface area contributed by atoms with Gasteiger partial charge in [0.1, 0.15) is 16.8 Å². The lowest BCUT2D eigenvalue weighted by molar-refractivity contribution is -0.117. The summed E-state index contributed by atoms with van der Waals surface area (Å²) in [5.41, 5.74) is 2.18. The summed E-state index contributed by atoms with van der Waals surface area (Å²) in [7, 11) is 0. The van der Waals surface area contributed by atoms with Crippen molar-refractivity contribution in [1.29, 1.82) is 5.26 Å². The second-order valence-corrected chi connectivity index (χ2v) is 6.67. The number of amides is 1. The highest BCUT2D eigenvalue weighted by Gasteiger charge is 2.16. The van der Waals surface area contributed by atoms with E-state index in [1.54, 1.807) is 23.7 Å². The molecular formula is C18H18Cl2N4O. The Kier molecular flexibility index (Phi) is 6.24. The quantitative estimate of drug-likeness (QED) is 0.633. The van der Waals surface area contributed by atoms with E-state index in [0.717, 1.165) is 5.56 Å². The predicted octanol–water partition coefficient (Wildman–Crippen LogP) is 3.98. The predicted molar refractivity (Wildman–Crippen MR) is 99.4 cm³/mol. The molecule has 0 unspecified atom stereocenters. The van der Waals surface area contributed by atoms with Gasteiger partial charge in [-0.2, -0.15) is 10.4 Å². The molecule has 0 atom stereocenters. The molecule has 130 valence electrons. The van der Waals surface area contributed by atoms with Crippen LogP contribution in [-0.4, -0.2) is 21.7 Å². The van der Waals surface area contributed by atoms with Crippen LogP contribution in [0.2, 0.25) is 10.2 Å². The molecule has 1 heterocycles. The van der Waals surface area contributed by atoms with E-state index in [2.05, 4.69) is 10.4 Å². The molecule has 7 heteroatoms. The summed E-state index contributed by atoms with van der Waals surface area (Å²) >= 11 is 12.3. The Bertz CT molecular complexity index is 845. The summed E-state index contributed by atoms with van der Waals surface area (Å²) in [5, 5.41) is 17.4. The van der Waals surface area contributed by atoms with Crippen LogP contribution in [0.5, 0.6) is 0 Å². The summed E-state index contributed by atoms with van der Waals surface area (Å²) in [6.45, 7) is 5.90. The van der Waals surface area contributed by atoms with Gasteiger partial charge in [0.25, 0.3) is 5.91 Å². The zero-order valence-electron chi connectivity index (χ0n) is 14.2. The van der Waals surface area contributed by atoms with Crippen LogP contribution in [0.15, 0.2) is 29.8 Å². The molecule has 5 nitrogen and oxygen atoms in total. The lowest BCUT2D eigenvalue weighted by Gasteiger charge is -2.07. The van der Waals surface area contributed by atoms with Gasteiger partial charge in [-0.25, -0.2) is 4.68 Å². The normalized spacial score (nSPS) is 11.5. The van der Waals surface area contributed by atoms with Gasteiger partial charge < -0.3 is 5.32 Å². The average molecular weight is 377 g/mol. The smallest absolute Gasteiger partial charge is 0.262 e. The Morgan fingerprint density at radius 1 is 1.36 bits per heavy atom. The molecule has 0 saturated carbocycles. The number of aryl methyl sites for hydroxylation is 1. The highest BCUT2D eigenvalue weighted by molar-refractivity contribution is 6.31. The molecule has 0 saturated heterocycles. The molecule has 0 radical (unpaired) electrons. The minimum Gasteiger partial charge on any atom is -0.349 e. The van der Waals surface area contributed by atoms with Crippen molar-refractivity contribution in [3.8, 4) is 6.07 Å². The third kappa shape index (κ3) is 4.85. The summed E-state index contributed by atoms with van der Waals surface area (Å²) in [6.07, 6.45) is 1.47. The fourth-order valence-corrected chi connectivity index (χ4v) is 2.65. The van der Waals surface area contributed by atoms with Crippen molar-refractivity contribution in [2.24, 2.45) is 0 Å². The van der Waals surface area contributed by atoms with Crippen LogP contribution >= 0.6 is 23.2 Å². The molecule has 1 N–H and O–H groups in total. The number of carbonyl (C=O) groups is 1. The van der Waals surface area contributed by atoms with Gasteiger partial charge in [0.2, 0.25) is 0 Å². The van der Waals surface area contributed by atoms with E-state index in [0.29, 0.717) is 28.0 Å². The SMILES string of the molecule is Cc1nn(Cc2ccc(Cl)cc2)c(Cl)c1/C=C(\C#N)C(=O)NC(C)C. The average Bonchev–Trinajstić information content (AvgIpc) is 2.80. The molecule has 0 aliphatic rings. The number of carbonyl (C=O) groups excluding carboxylic acids is 1. The van der Waals surface area contributed by atoms with Gasteiger partial charge in [0, 0.05) is 16.6 Å². The third-order valence-corrected chi connectivity index (χ3v) is 4.08. The number of halogens is 2. The highest BCUT2D eigenvalue weighted by Crippen LogP contribution is 2.24. The van der Waals surface area contributed by atoms with E-state index in [9.17, 15) is 10.1 Å². The molecule has 1 amide bonds. The molecule has 0 spiro atoms. The monoisotopic (exact) mass is 376 g/mol. The number of aromatic nitrogens is 2. The number of hydrogen-bond donors (Lipinski definition) is 1. The van der Waals surface area contributed by atoms with Crippen LogP contribution in [0.3, 0.4) is 0 Å². The van der Waals surface area contributed by atoms with E-state index in [1.165, 1.54) is 6.08 Å². The van der Waals surface area contributed by atoms with Crippen LogP contribution in [0, 0.1) is 18.3 Å². The summed E-state index contributed by atoms with van der Waals surface area (Å²) < 4.78 is 1.63. The second kappa shape index (κ2) is 8.19. The molecule has 1 aromatic carbocycles. The largest absolute Gasteiger partial charge is 0.349 e. The zero-order chi connectivity index (χ0) is 18.6. The first-order valence-corrected chi connectivity index (χ1v) is 8.47. The Morgan fingerprint density at radius 2 is 2.00 bits per heavy atom. The number of benzene rings is 1. The number of nitrogens with zero attached hydrogens (tertiary/aromatic N) is 3. The van der Waals surface area contributed by atoms with Crippen LogP contribution in [0.1, 0.15) is 30.7 Å². The first-order chi connectivity index (χ1) is 11.8. The van der Waals surface area contributed by atoms with Gasteiger partial charge >= 0.3 is 0 Å². The Labute approximate surface area is 156 Å². The van der Waals surface area contributed by atoms with Crippen LogP contribution in [-0.2, 0) is 11.3 Å². The van der Waals surface area contributed by atoms with Crippen molar-refractivity contribution >= 4 is 35.2 Å². The summed E-state index contributed by atoms with van der Waals surface area (Å²) in [4.78, 5) is 12.1. The molecule has 2 rings (SSSR count). The standard InChI is InChI=1S/C18H18Cl2N4O/c1-11(2)22-18(25)14(9-21)8-16-12(3)23-24(17(16)20)10-13-4-6-15(19)7-5-13/h4-8,11H,10H2,1-3H3,(H,22,25)/b14-8+. The maximum absolute atomic E-state index is 12.1. The molecule has 0 bridgehead atoms. The van der Waals surface area contributed by atoms with Crippen molar-refractivity contribution in [2.45, 2.75) is 33.4 Å². The van der Waals surface area contributed by atoms with Crippen LogP contribution in [0.25, 0.3) is 6.08 Å². The van der Waals surface area contributed by atoms with Gasteiger partial charge in [-0.1, -0.05) is 35.3 Å². The number of nitriles is 1. The maximum Gasteiger partial charge on any atom is 0.262 e. The van der Waals surface area contributed by atoms with E-state index in [4.69, 9.17) is 23.2 Å². The van der Waals surface area contributed by atoms with Gasteiger partial charge in [-0.15, -0.1) is 0 Å². The van der Waals surface area contributed by atoms with Gasteiger partial charge in [0.05, 0.1) is 12.2 Å². The Balaban J connectivity index is 2.32. The second-order valence-electron chi connectivity index (χ2n) is 5.87.